The Morgan fingerprint density at radius 1 is 1.19 bits per heavy atom. The number of thiophene rings is 1. The molecular weight excluding hydrogens is 410 g/mol. The molecule has 0 unspecified atom stereocenters. The normalized spacial score (nSPS) is 11.6. The Kier molecular flexibility index (Phi) is 4.46. The topological polar surface area (TPSA) is 103 Å². The van der Waals surface area contributed by atoms with Crippen LogP contribution in [0.4, 0.5) is 6.01 Å². The summed E-state index contributed by atoms with van der Waals surface area (Å²) in [5, 5.41) is 14.1. The molecule has 27 heavy (non-hydrogen) atoms. The van der Waals surface area contributed by atoms with Gasteiger partial charge in [-0.05, 0) is 30.5 Å². The highest BCUT2D eigenvalue weighted by Gasteiger charge is 2.24. The fourth-order valence-corrected chi connectivity index (χ4v) is 4.40. The molecule has 0 radical (unpaired) electrons. The highest BCUT2D eigenvalue weighted by Crippen LogP contribution is 2.27. The standard InChI is InChI=1S/C16H12ClN5O3S2/c1-10-14(9-18-22(10)12-6-3-2-5-11(12)17)27(23,24)21-16-20-19-15(25-16)13-7-4-8-26-13/h2-9H,1H3,(H,20,21). The van der Waals surface area contributed by atoms with Gasteiger partial charge in [0.1, 0.15) is 4.90 Å². The third kappa shape index (κ3) is 3.34. The number of benzene rings is 1. The van der Waals surface area contributed by atoms with Gasteiger partial charge in [0.25, 0.3) is 15.9 Å². The second-order valence-electron chi connectivity index (χ2n) is 5.45. The minimum atomic E-state index is -3.97. The molecule has 0 aliphatic rings. The van der Waals surface area contributed by atoms with Crippen molar-refractivity contribution in [1.29, 1.82) is 0 Å². The number of anilines is 1. The highest BCUT2D eigenvalue weighted by molar-refractivity contribution is 7.92. The zero-order valence-electron chi connectivity index (χ0n) is 13.8. The van der Waals surface area contributed by atoms with E-state index in [1.807, 2.05) is 11.4 Å². The lowest BCUT2D eigenvalue weighted by Gasteiger charge is -2.07. The Bertz CT molecular complexity index is 1200. The minimum Gasteiger partial charge on any atom is -0.402 e. The Morgan fingerprint density at radius 2 is 2.00 bits per heavy atom. The maximum Gasteiger partial charge on any atom is 0.330 e. The number of halogens is 1. The fraction of sp³-hybridized carbons (Fsp3) is 0.0625. The van der Waals surface area contributed by atoms with Gasteiger partial charge in [0.15, 0.2) is 0 Å². The number of hydrogen-bond acceptors (Lipinski definition) is 7. The Balaban J connectivity index is 1.64. The molecule has 0 aliphatic carbocycles. The lowest BCUT2D eigenvalue weighted by atomic mass is 10.3. The molecular formula is C16H12ClN5O3S2. The first kappa shape index (κ1) is 17.7. The number of sulfonamides is 1. The summed E-state index contributed by atoms with van der Waals surface area (Å²) in [6.45, 7) is 1.63. The van der Waals surface area contributed by atoms with Crippen LogP contribution in [0.2, 0.25) is 5.02 Å². The van der Waals surface area contributed by atoms with E-state index in [1.165, 1.54) is 22.2 Å². The molecule has 1 N–H and O–H groups in total. The molecule has 0 fully saturated rings. The van der Waals surface area contributed by atoms with Gasteiger partial charge in [-0.3, -0.25) is 0 Å². The quantitative estimate of drug-likeness (QED) is 0.526. The molecule has 0 aliphatic heterocycles. The number of hydrogen-bond donors (Lipinski definition) is 1. The van der Waals surface area contributed by atoms with Crippen molar-refractivity contribution in [2.75, 3.05) is 4.72 Å². The maximum absolute atomic E-state index is 12.7. The molecule has 1 aromatic carbocycles. The van der Waals surface area contributed by atoms with E-state index in [0.717, 1.165) is 4.88 Å². The van der Waals surface area contributed by atoms with E-state index in [2.05, 4.69) is 20.0 Å². The molecule has 0 bridgehead atoms. The van der Waals surface area contributed by atoms with Crippen LogP contribution >= 0.6 is 22.9 Å². The second kappa shape index (κ2) is 6.80. The lowest BCUT2D eigenvalue weighted by Crippen LogP contribution is -2.14. The highest BCUT2D eigenvalue weighted by atomic mass is 35.5. The summed E-state index contributed by atoms with van der Waals surface area (Å²) >= 11 is 7.59. The zero-order valence-corrected chi connectivity index (χ0v) is 16.2. The molecule has 3 heterocycles. The van der Waals surface area contributed by atoms with Crippen LogP contribution in [0.25, 0.3) is 16.5 Å². The van der Waals surface area contributed by atoms with Crippen LogP contribution in [0, 0.1) is 6.92 Å². The van der Waals surface area contributed by atoms with E-state index in [-0.39, 0.29) is 16.8 Å². The molecule has 8 nitrogen and oxygen atoms in total. The van der Waals surface area contributed by atoms with Gasteiger partial charge in [-0.1, -0.05) is 34.9 Å². The SMILES string of the molecule is Cc1c(S(=O)(=O)Nc2nnc(-c3cccs3)o2)cnn1-c1ccccc1Cl. The van der Waals surface area contributed by atoms with Crippen LogP contribution in [-0.4, -0.2) is 28.4 Å². The monoisotopic (exact) mass is 421 g/mol. The number of nitrogens with one attached hydrogen (secondary N) is 1. The summed E-state index contributed by atoms with van der Waals surface area (Å²) in [6, 6.07) is 10.4. The van der Waals surface area contributed by atoms with Crippen LogP contribution in [0.15, 0.2) is 57.3 Å². The summed E-state index contributed by atoms with van der Waals surface area (Å²) in [5.74, 6) is 0.242. The summed E-state index contributed by atoms with van der Waals surface area (Å²) in [6.07, 6.45) is 1.25. The molecule has 0 saturated heterocycles. The average Bonchev–Trinajstić information content (AvgIpc) is 3.35. The molecule has 4 rings (SSSR count). The zero-order chi connectivity index (χ0) is 19.0. The van der Waals surface area contributed by atoms with Crippen LogP contribution in [0.5, 0.6) is 0 Å². The Labute approximate surface area is 163 Å². The van der Waals surface area contributed by atoms with Crippen molar-refractivity contribution in [3.63, 3.8) is 0 Å². The van der Waals surface area contributed by atoms with Crippen LogP contribution in [0.3, 0.4) is 0 Å². The Morgan fingerprint density at radius 3 is 2.74 bits per heavy atom. The van der Waals surface area contributed by atoms with Gasteiger partial charge in [0, 0.05) is 0 Å². The first-order valence-electron chi connectivity index (χ1n) is 7.65. The van der Waals surface area contributed by atoms with Crippen molar-refractivity contribution in [2.24, 2.45) is 0 Å². The predicted molar refractivity (Wildman–Crippen MR) is 102 cm³/mol. The number of para-hydroxylation sites is 1. The van der Waals surface area contributed by atoms with E-state index in [1.54, 1.807) is 37.3 Å². The van der Waals surface area contributed by atoms with Crippen LogP contribution in [-0.2, 0) is 10.0 Å². The van der Waals surface area contributed by atoms with E-state index >= 15 is 0 Å². The molecule has 0 atom stereocenters. The number of aromatic nitrogens is 4. The van der Waals surface area contributed by atoms with E-state index in [0.29, 0.717) is 16.4 Å². The largest absolute Gasteiger partial charge is 0.402 e. The van der Waals surface area contributed by atoms with Crippen molar-refractivity contribution in [3.8, 4) is 16.5 Å². The molecule has 0 saturated carbocycles. The molecule has 4 aromatic rings. The van der Waals surface area contributed by atoms with Gasteiger partial charge in [-0.25, -0.2) is 17.8 Å². The van der Waals surface area contributed by atoms with Crippen molar-refractivity contribution in [3.05, 3.63) is 58.7 Å². The lowest BCUT2D eigenvalue weighted by molar-refractivity contribution is 0.578. The number of nitrogens with zero attached hydrogens (tertiary/aromatic N) is 4. The summed E-state index contributed by atoms with van der Waals surface area (Å²) in [4.78, 5) is 0.731. The van der Waals surface area contributed by atoms with Gasteiger partial charge in [-0.15, -0.1) is 16.4 Å². The van der Waals surface area contributed by atoms with E-state index in [9.17, 15) is 8.42 Å². The van der Waals surface area contributed by atoms with Crippen molar-refractivity contribution in [2.45, 2.75) is 11.8 Å². The third-order valence-electron chi connectivity index (χ3n) is 3.71. The van der Waals surface area contributed by atoms with Crippen molar-refractivity contribution < 1.29 is 12.8 Å². The van der Waals surface area contributed by atoms with Crippen LogP contribution < -0.4 is 4.72 Å². The molecule has 3 aromatic heterocycles. The van der Waals surface area contributed by atoms with Gasteiger partial charge in [0.05, 0.1) is 27.5 Å². The third-order valence-corrected chi connectivity index (χ3v) is 6.31. The van der Waals surface area contributed by atoms with E-state index in [4.69, 9.17) is 16.0 Å². The van der Waals surface area contributed by atoms with E-state index < -0.39 is 10.0 Å². The first-order valence-corrected chi connectivity index (χ1v) is 10.4. The summed E-state index contributed by atoms with van der Waals surface area (Å²) in [7, 11) is -3.97. The predicted octanol–water partition coefficient (Wildman–Crippen LogP) is 3.75. The molecule has 0 spiro atoms. The van der Waals surface area contributed by atoms with Gasteiger partial charge >= 0.3 is 6.01 Å². The fourth-order valence-electron chi connectivity index (χ4n) is 2.46. The summed E-state index contributed by atoms with van der Waals surface area (Å²) in [5.41, 5.74) is 0.976. The van der Waals surface area contributed by atoms with Gasteiger partial charge < -0.3 is 4.42 Å². The van der Waals surface area contributed by atoms with Crippen molar-refractivity contribution in [1.82, 2.24) is 20.0 Å². The van der Waals surface area contributed by atoms with Crippen LogP contribution in [0.1, 0.15) is 5.69 Å². The average molecular weight is 422 g/mol. The maximum atomic E-state index is 12.7. The molecule has 11 heteroatoms. The van der Waals surface area contributed by atoms with Gasteiger partial charge in [0.2, 0.25) is 0 Å². The summed E-state index contributed by atoms with van der Waals surface area (Å²) < 4.78 is 34.6. The Hall–Kier alpha value is -2.69. The van der Waals surface area contributed by atoms with Gasteiger partial charge in [-0.2, -0.15) is 5.10 Å². The van der Waals surface area contributed by atoms with Crippen molar-refractivity contribution >= 4 is 39.0 Å². The minimum absolute atomic E-state index is 0.0155. The second-order valence-corrected chi connectivity index (χ2v) is 8.46. The number of rotatable bonds is 5. The smallest absolute Gasteiger partial charge is 0.330 e. The molecule has 0 amide bonds. The first-order chi connectivity index (χ1) is 13.0. The molecule has 138 valence electrons.